The zero-order valence-corrected chi connectivity index (χ0v) is 29.3. The third kappa shape index (κ3) is 6.13. The van der Waals surface area contributed by atoms with Gasteiger partial charge in [-0.1, -0.05) is 20.4 Å². The van der Waals surface area contributed by atoms with Crippen LogP contribution in [0.3, 0.4) is 0 Å². The van der Waals surface area contributed by atoms with E-state index in [-0.39, 0.29) is 52.0 Å². The molecule has 2 saturated heterocycles. The highest BCUT2D eigenvalue weighted by atomic mass is 79.9. The molecule has 4 aliphatic carbocycles. The second-order valence-electron chi connectivity index (χ2n) is 15.8. The van der Waals surface area contributed by atoms with Crippen LogP contribution in [0.4, 0.5) is 0 Å². The standard InChI is InChI=1S/C36H59N2O5.BrH/c1-5-16-38(17-7-6-8-18-38)32-24-30-28-11-10-27-23-33(43-26(2)40)31(37-14-21-41-22-15-37)25-36(27,4)29(28)12-13-35(30,3)34(32)42-20-9-19-39;/h5,19,27-34H,1,6-18,20-25H2,2-4H3;1H/q+1;/p-1/t27-,28+,29-,30-,31-,32-,33-,34-,35-,36-;/m0./s1. The van der Waals surface area contributed by atoms with E-state index >= 15 is 0 Å². The molecule has 0 aromatic heterocycles. The van der Waals surface area contributed by atoms with Gasteiger partial charge in [0.05, 0.1) is 39.5 Å². The third-order valence-electron chi connectivity index (χ3n) is 13.9. The Bertz CT molecular complexity index is 1010. The molecule has 2 aliphatic heterocycles. The molecule has 250 valence electrons. The fourth-order valence-electron chi connectivity index (χ4n) is 11.9. The summed E-state index contributed by atoms with van der Waals surface area (Å²) in [5.74, 6) is 2.55. The van der Waals surface area contributed by atoms with Crippen LogP contribution in [0.25, 0.3) is 0 Å². The minimum atomic E-state index is -0.138. The maximum Gasteiger partial charge on any atom is 0.302 e. The average molecular weight is 680 g/mol. The maximum absolute atomic E-state index is 12.2. The summed E-state index contributed by atoms with van der Waals surface area (Å²) >= 11 is 0. The van der Waals surface area contributed by atoms with E-state index in [1.54, 1.807) is 6.92 Å². The highest BCUT2D eigenvalue weighted by Gasteiger charge is 2.67. The van der Waals surface area contributed by atoms with Gasteiger partial charge < -0.3 is 40.5 Å². The van der Waals surface area contributed by atoms with E-state index < -0.39 is 0 Å². The number of carbonyl (C=O) groups is 2. The number of nitrogens with zero attached hydrogens (tertiary/aromatic N) is 2. The summed E-state index contributed by atoms with van der Waals surface area (Å²) in [7, 11) is 0. The summed E-state index contributed by atoms with van der Waals surface area (Å²) in [6.45, 7) is 18.5. The van der Waals surface area contributed by atoms with Crippen LogP contribution in [0.15, 0.2) is 12.7 Å². The molecule has 8 heteroatoms. The van der Waals surface area contributed by atoms with Crippen molar-refractivity contribution in [3.63, 3.8) is 0 Å². The van der Waals surface area contributed by atoms with E-state index in [4.69, 9.17) is 14.2 Å². The molecule has 0 radical (unpaired) electrons. The highest BCUT2D eigenvalue weighted by Crippen LogP contribution is 2.67. The minimum absolute atomic E-state index is 0. The Kier molecular flexibility index (Phi) is 11.1. The van der Waals surface area contributed by atoms with E-state index in [1.165, 1.54) is 64.5 Å². The molecule has 0 bridgehead atoms. The first-order chi connectivity index (χ1) is 20.8. The first-order valence-electron chi connectivity index (χ1n) is 17.8. The smallest absolute Gasteiger partial charge is 0.302 e. The summed E-state index contributed by atoms with van der Waals surface area (Å²) in [6.07, 6.45) is 16.2. The molecule has 0 aromatic rings. The van der Waals surface area contributed by atoms with Gasteiger partial charge in [-0.2, -0.15) is 0 Å². The quantitative estimate of drug-likeness (QED) is 0.123. The number of halogens is 1. The molecule has 2 heterocycles. The summed E-state index contributed by atoms with van der Waals surface area (Å²) in [4.78, 5) is 26.1. The number of morpholine rings is 1. The molecule has 6 aliphatic rings. The molecule has 0 unspecified atom stereocenters. The molecule has 10 atom stereocenters. The molecule has 6 rings (SSSR count). The van der Waals surface area contributed by atoms with Crippen molar-refractivity contribution >= 4 is 12.3 Å². The van der Waals surface area contributed by atoms with Gasteiger partial charge in [0, 0.05) is 44.3 Å². The second-order valence-corrected chi connectivity index (χ2v) is 15.8. The van der Waals surface area contributed by atoms with Crippen molar-refractivity contribution in [2.24, 2.45) is 34.5 Å². The van der Waals surface area contributed by atoms with Gasteiger partial charge in [0.25, 0.3) is 0 Å². The van der Waals surface area contributed by atoms with Crippen LogP contribution < -0.4 is 17.0 Å². The van der Waals surface area contributed by atoms with E-state index in [0.29, 0.717) is 42.7 Å². The molecule has 44 heavy (non-hydrogen) atoms. The van der Waals surface area contributed by atoms with Crippen LogP contribution in [0.5, 0.6) is 0 Å². The summed E-state index contributed by atoms with van der Waals surface area (Å²) in [5, 5.41) is 0. The van der Waals surface area contributed by atoms with Crippen molar-refractivity contribution in [2.75, 3.05) is 52.5 Å². The molecule has 0 amide bonds. The van der Waals surface area contributed by atoms with Crippen LogP contribution in [-0.4, -0.2) is 98.5 Å². The van der Waals surface area contributed by atoms with Crippen molar-refractivity contribution in [3.05, 3.63) is 12.7 Å². The van der Waals surface area contributed by atoms with Gasteiger partial charge >= 0.3 is 5.97 Å². The number of fused-ring (bicyclic) bond motifs is 5. The summed E-state index contributed by atoms with van der Waals surface area (Å²) in [5.41, 5.74) is 0.411. The summed E-state index contributed by atoms with van der Waals surface area (Å²) < 4.78 is 19.8. The Morgan fingerprint density at radius 2 is 1.80 bits per heavy atom. The lowest BCUT2D eigenvalue weighted by atomic mass is 9.44. The van der Waals surface area contributed by atoms with Crippen molar-refractivity contribution in [3.8, 4) is 0 Å². The Morgan fingerprint density at radius 3 is 2.48 bits per heavy atom. The fraction of sp³-hybridized carbons (Fsp3) is 0.889. The number of quaternary nitrogens is 1. The van der Waals surface area contributed by atoms with Crippen molar-refractivity contribution in [2.45, 2.75) is 116 Å². The zero-order valence-electron chi connectivity index (χ0n) is 27.7. The Hall–Kier alpha value is -0.800. The lowest BCUT2D eigenvalue weighted by molar-refractivity contribution is -0.953. The molecule has 0 spiro atoms. The van der Waals surface area contributed by atoms with Crippen LogP contribution in [0.2, 0.25) is 0 Å². The number of hydrogen-bond donors (Lipinski definition) is 0. The first kappa shape index (κ1) is 34.5. The Morgan fingerprint density at radius 1 is 1.05 bits per heavy atom. The molecule has 4 saturated carbocycles. The monoisotopic (exact) mass is 678 g/mol. The zero-order chi connectivity index (χ0) is 30.2. The minimum Gasteiger partial charge on any atom is -1.00 e. The van der Waals surface area contributed by atoms with Gasteiger partial charge in [0.1, 0.15) is 24.5 Å². The number of aldehydes is 1. The van der Waals surface area contributed by atoms with E-state index in [9.17, 15) is 9.59 Å². The largest absolute Gasteiger partial charge is 1.00 e. The molecular weight excluding hydrogens is 620 g/mol. The normalized spacial score (nSPS) is 43.4. The number of carbonyl (C=O) groups excluding carboxylic acids is 2. The number of hydrogen-bond acceptors (Lipinski definition) is 6. The van der Waals surface area contributed by atoms with Gasteiger partial charge in [-0.15, -0.1) is 0 Å². The van der Waals surface area contributed by atoms with Crippen LogP contribution in [0, 0.1) is 34.5 Å². The SMILES string of the molecule is C=CC[N+]1([C@H]2C[C@H]3[C@@H]4CC[C@H]5C[C@H](OC(C)=O)[C@@H](N6CCOCC6)C[C@]5(C)[C@H]4CC[C@]3(C)[C@H]2OCCC=O)CCCCC1.[Br-]. The van der Waals surface area contributed by atoms with Crippen molar-refractivity contribution < 1.29 is 45.3 Å². The number of esters is 1. The van der Waals surface area contributed by atoms with Crippen LogP contribution in [-0.2, 0) is 23.8 Å². The predicted molar refractivity (Wildman–Crippen MR) is 167 cm³/mol. The lowest BCUT2D eigenvalue weighted by Gasteiger charge is -2.62. The van der Waals surface area contributed by atoms with Gasteiger partial charge in [-0.25, -0.2) is 0 Å². The van der Waals surface area contributed by atoms with Gasteiger partial charge in [-0.3, -0.25) is 9.69 Å². The summed E-state index contributed by atoms with van der Waals surface area (Å²) in [6, 6.07) is 0.775. The lowest BCUT2D eigenvalue weighted by Crippen LogP contribution is -3.00. The second kappa shape index (κ2) is 14.1. The topological polar surface area (TPSA) is 65.1 Å². The van der Waals surface area contributed by atoms with Crippen molar-refractivity contribution in [1.82, 2.24) is 4.90 Å². The van der Waals surface area contributed by atoms with Gasteiger partial charge in [0.15, 0.2) is 0 Å². The first-order valence-corrected chi connectivity index (χ1v) is 17.8. The number of likely N-dealkylation sites (tertiary alicyclic amines) is 1. The van der Waals surface area contributed by atoms with Crippen LogP contribution in [0.1, 0.15) is 91.4 Å². The Labute approximate surface area is 277 Å². The van der Waals surface area contributed by atoms with E-state index in [0.717, 1.165) is 56.5 Å². The highest BCUT2D eigenvalue weighted by molar-refractivity contribution is 5.66. The fourth-order valence-corrected chi connectivity index (χ4v) is 11.9. The molecule has 0 N–H and O–H groups in total. The molecule has 7 nitrogen and oxygen atoms in total. The van der Waals surface area contributed by atoms with Crippen LogP contribution >= 0.6 is 0 Å². The predicted octanol–water partition coefficient (Wildman–Crippen LogP) is 2.41. The number of piperidine rings is 1. The average Bonchev–Trinajstić information content (AvgIpc) is 3.31. The molecule has 6 fully saturated rings. The van der Waals surface area contributed by atoms with Gasteiger partial charge in [0.2, 0.25) is 0 Å². The van der Waals surface area contributed by atoms with Crippen molar-refractivity contribution in [1.29, 1.82) is 0 Å². The van der Waals surface area contributed by atoms with E-state index in [1.807, 2.05) is 0 Å². The number of rotatable bonds is 9. The Balaban J connectivity index is 0.00000384. The molecular formula is C36H59BrN2O5. The maximum atomic E-state index is 12.2. The third-order valence-corrected chi connectivity index (χ3v) is 13.9. The number of ether oxygens (including phenoxy) is 3. The molecule has 0 aromatic carbocycles. The van der Waals surface area contributed by atoms with E-state index in [2.05, 4.69) is 31.4 Å². The van der Waals surface area contributed by atoms with Gasteiger partial charge in [-0.05, 0) is 93.0 Å².